The zero-order valence-electron chi connectivity index (χ0n) is 14.8. The Morgan fingerprint density at radius 3 is 2.65 bits per heavy atom. The smallest absolute Gasteiger partial charge is 0.206 e. The fraction of sp³-hybridized carbons (Fsp3) is 0.400. The van der Waals surface area contributed by atoms with Crippen LogP contribution in [0.4, 0.5) is 10.1 Å². The van der Waals surface area contributed by atoms with Gasteiger partial charge in [-0.15, -0.1) is 0 Å². The second-order valence-corrected chi connectivity index (χ2v) is 9.03. The Bertz CT molecular complexity index is 929. The van der Waals surface area contributed by atoms with Crippen LogP contribution in [0.1, 0.15) is 31.2 Å². The van der Waals surface area contributed by atoms with E-state index in [1.54, 1.807) is 12.1 Å². The van der Waals surface area contributed by atoms with Crippen LogP contribution in [0.3, 0.4) is 0 Å². The van der Waals surface area contributed by atoms with E-state index in [1.807, 2.05) is 6.07 Å². The van der Waals surface area contributed by atoms with E-state index in [0.29, 0.717) is 12.0 Å². The molecule has 26 heavy (non-hydrogen) atoms. The highest BCUT2D eigenvalue weighted by Crippen LogP contribution is 2.42. The summed E-state index contributed by atoms with van der Waals surface area (Å²) in [7, 11) is -3.72. The standard InChI is InChI=1S/C20H23FN2O2S/c1-2-23-10-8-17-18-13-16(6-7-19(18)22-20(17)9-11-23)26(24,25)15-5-3-4-14(21)12-15/h3-7,12-13,17,20,22H,2,8-11H2,1H3/t17-,20+/m0/s1. The average Bonchev–Trinajstić information content (AvgIpc) is 2.85. The molecule has 0 aromatic heterocycles. The zero-order valence-corrected chi connectivity index (χ0v) is 15.6. The zero-order chi connectivity index (χ0) is 18.3. The number of likely N-dealkylation sites (tertiary alicyclic amines) is 1. The molecule has 4 nitrogen and oxygen atoms in total. The summed E-state index contributed by atoms with van der Waals surface area (Å²) in [6, 6.07) is 10.8. The van der Waals surface area contributed by atoms with E-state index < -0.39 is 15.7 Å². The van der Waals surface area contributed by atoms with Crippen molar-refractivity contribution in [3.8, 4) is 0 Å². The molecular formula is C20H23FN2O2S. The van der Waals surface area contributed by atoms with E-state index in [2.05, 4.69) is 17.1 Å². The van der Waals surface area contributed by atoms with Crippen LogP contribution < -0.4 is 5.32 Å². The fourth-order valence-electron chi connectivity index (χ4n) is 4.13. The molecule has 0 bridgehead atoms. The number of nitrogens with one attached hydrogen (secondary N) is 1. The molecule has 138 valence electrons. The molecule has 1 N–H and O–H groups in total. The van der Waals surface area contributed by atoms with Crippen molar-refractivity contribution in [2.45, 2.75) is 41.5 Å². The van der Waals surface area contributed by atoms with Crippen LogP contribution in [0, 0.1) is 5.82 Å². The summed E-state index contributed by atoms with van der Waals surface area (Å²) >= 11 is 0. The topological polar surface area (TPSA) is 49.4 Å². The Hall–Kier alpha value is -1.92. The predicted molar refractivity (Wildman–Crippen MR) is 99.8 cm³/mol. The van der Waals surface area contributed by atoms with Gasteiger partial charge in [0, 0.05) is 24.2 Å². The molecule has 0 amide bonds. The van der Waals surface area contributed by atoms with Gasteiger partial charge in [0.1, 0.15) is 5.82 Å². The van der Waals surface area contributed by atoms with E-state index in [1.165, 1.54) is 18.2 Å². The number of hydrogen-bond donors (Lipinski definition) is 1. The molecule has 2 heterocycles. The molecule has 2 aromatic carbocycles. The highest BCUT2D eigenvalue weighted by Gasteiger charge is 2.35. The first-order valence-electron chi connectivity index (χ1n) is 9.12. The van der Waals surface area contributed by atoms with Gasteiger partial charge in [0.2, 0.25) is 9.84 Å². The second kappa shape index (κ2) is 6.67. The largest absolute Gasteiger partial charge is 0.381 e. The molecule has 2 aliphatic rings. The number of rotatable bonds is 3. The van der Waals surface area contributed by atoms with E-state index in [-0.39, 0.29) is 9.79 Å². The number of halogens is 1. The van der Waals surface area contributed by atoms with Gasteiger partial charge in [0.15, 0.2) is 0 Å². The van der Waals surface area contributed by atoms with Crippen LogP contribution in [0.15, 0.2) is 52.3 Å². The lowest BCUT2D eigenvalue weighted by Gasteiger charge is -2.17. The summed E-state index contributed by atoms with van der Waals surface area (Å²) < 4.78 is 39.3. The van der Waals surface area contributed by atoms with Crippen molar-refractivity contribution >= 4 is 15.5 Å². The number of hydrogen-bond acceptors (Lipinski definition) is 4. The van der Waals surface area contributed by atoms with E-state index in [4.69, 9.17) is 0 Å². The number of sulfone groups is 1. The van der Waals surface area contributed by atoms with Crippen molar-refractivity contribution in [2.24, 2.45) is 0 Å². The summed E-state index contributed by atoms with van der Waals surface area (Å²) in [4.78, 5) is 2.67. The minimum atomic E-state index is -3.72. The first-order chi connectivity index (χ1) is 12.5. The van der Waals surface area contributed by atoms with Crippen molar-refractivity contribution in [3.05, 3.63) is 53.8 Å². The predicted octanol–water partition coefficient (Wildman–Crippen LogP) is 3.65. The first-order valence-corrected chi connectivity index (χ1v) is 10.6. The van der Waals surface area contributed by atoms with Gasteiger partial charge in [-0.1, -0.05) is 13.0 Å². The Morgan fingerprint density at radius 1 is 1.12 bits per heavy atom. The molecule has 0 aliphatic carbocycles. The highest BCUT2D eigenvalue weighted by atomic mass is 32.2. The summed E-state index contributed by atoms with van der Waals surface area (Å²) in [6.45, 7) is 5.30. The minimum Gasteiger partial charge on any atom is -0.381 e. The maximum atomic E-state index is 13.5. The third-order valence-electron chi connectivity index (χ3n) is 5.63. The third kappa shape index (κ3) is 3.01. The third-order valence-corrected chi connectivity index (χ3v) is 7.37. The molecule has 2 aromatic rings. The van der Waals surface area contributed by atoms with Crippen LogP contribution in [-0.4, -0.2) is 39.0 Å². The second-order valence-electron chi connectivity index (χ2n) is 7.08. The molecule has 0 spiro atoms. The van der Waals surface area contributed by atoms with Gasteiger partial charge in [-0.05, 0) is 67.9 Å². The van der Waals surface area contributed by atoms with Gasteiger partial charge in [0.05, 0.1) is 9.79 Å². The van der Waals surface area contributed by atoms with Crippen LogP contribution in [0.2, 0.25) is 0 Å². The van der Waals surface area contributed by atoms with Crippen molar-refractivity contribution in [1.29, 1.82) is 0 Å². The first kappa shape index (κ1) is 17.5. The lowest BCUT2D eigenvalue weighted by molar-refractivity contribution is 0.298. The Labute approximate surface area is 153 Å². The summed E-state index contributed by atoms with van der Waals surface area (Å²) in [5.41, 5.74) is 2.11. The average molecular weight is 374 g/mol. The van der Waals surface area contributed by atoms with Crippen molar-refractivity contribution in [3.63, 3.8) is 0 Å². The van der Waals surface area contributed by atoms with E-state index in [9.17, 15) is 12.8 Å². The highest BCUT2D eigenvalue weighted by molar-refractivity contribution is 7.91. The van der Waals surface area contributed by atoms with Gasteiger partial charge < -0.3 is 10.2 Å². The van der Waals surface area contributed by atoms with Crippen LogP contribution in [0.25, 0.3) is 0 Å². The molecule has 0 saturated carbocycles. The monoisotopic (exact) mass is 374 g/mol. The molecule has 1 saturated heterocycles. The molecule has 1 fully saturated rings. The Morgan fingerprint density at radius 2 is 1.88 bits per heavy atom. The maximum Gasteiger partial charge on any atom is 0.206 e. The lowest BCUT2D eigenvalue weighted by Crippen LogP contribution is -2.25. The molecule has 2 atom stereocenters. The Balaban J connectivity index is 1.69. The van der Waals surface area contributed by atoms with Gasteiger partial charge in [-0.2, -0.15) is 0 Å². The number of anilines is 1. The molecule has 0 radical (unpaired) electrons. The number of benzene rings is 2. The van der Waals surface area contributed by atoms with Gasteiger partial charge in [0.25, 0.3) is 0 Å². The molecule has 2 aliphatic heterocycles. The summed E-state index contributed by atoms with van der Waals surface area (Å²) in [5, 5.41) is 3.57. The molecule has 0 unspecified atom stereocenters. The Kier molecular flexibility index (Phi) is 4.49. The van der Waals surface area contributed by atoms with Crippen molar-refractivity contribution in [2.75, 3.05) is 25.0 Å². The lowest BCUT2D eigenvalue weighted by atomic mass is 9.91. The van der Waals surface area contributed by atoms with Crippen LogP contribution in [-0.2, 0) is 9.84 Å². The maximum absolute atomic E-state index is 13.5. The minimum absolute atomic E-state index is 0.00187. The molecule has 4 rings (SSSR count). The van der Waals surface area contributed by atoms with E-state index >= 15 is 0 Å². The SMILES string of the molecule is CCN1CC[C@H]2Nc3ccc(S(=O)(=O)c4cccc(F)c4)cc3[C@@H]2CC1. The van der Waals surface area contributed by atoms with Crippen LogP contribution >= 0.6 is 0 Å². The molecule has 6 heteroatoms. The quantitative estimate of drug-likeness (QED) is 0.891. The van der Waals surface area contributed by atoms with Crippen molar-refractivity contribution in [1.82, 2.24) is 4.90 Å². The van der Waals surface area contributed by atoms with Crippen molar-refractivity contribution < 1.29 is 12.8 Å². The number of fused-ring (bicyclic) bond motifs is 3. The van der Waals surface area contributed by atoms with Gasteiger partial charge in [-0.3, -0.25) is 0 Å². The summed E-state index contributed by atoms with van der Waals surface area (Å²) in [5.74, 6) is -0.221. The summed E-state index contributed by atoms with van der Waals surface area (Å²) in [6.07, 6.45) is 2.07. The molecular weight excluding hydrogens is 351 g/mol. The normalized spacial score (nSPS) is 23.0. The van der Waals surface area contributed by atoms with Crippen LogP contribution in [0.5, 0.6) is 0 Å². The fourth-order valence-corrected chi connectivity index (χ4v) is 5.46. The van der Waals surface area contributed by atoms with E-state index in [0.717, 1.165) is 49.8 Å². The van der Waals surface area contributed by atoms with Gasteiger partial charge in [-0.25, -0.2) is 12.8 Å². The number of nitrogens with zero attached hydrogens (tertiary/aromatic N) is 1. The van der Waals surface area contributed by atoms with Gasteiger partial charge >= 0.3 is 0 Å².